The number of hydrogen-bond donors (Lipinski definition) is 0. The van der Waals surface area contributed by atoms with E-state index in [1.165, 1.54) is 16.7 Å². The molecule has 1 atom stereocenters. The number of hydrogen-bond acceptors (Lipinski definition) is 2. The van der Waals surface area contributed by atoms with Gasteiger partial charge in [-0.3, -0.25) is 0 Å². The van der Waals surface area contributed by atoms with Crippen LogP contribution in [0, 0.1) is 0 Å². The highest BCUT2D eigenvalue weighted by atomic mass is 16.5. The first-order valence-electron chi connectivity index (χ1n) is 8.63. The van der Waals surface area contributed by atoms with Gasteiger partial charge in [-0.25, -0.2) is 0 Å². The minimum atomic E-state index is -0.0598. The van der Waals surface area contributed by atoms with Crippen molar-refractivity contribution >= 4 is 0 Å². The highest BCUT2D eigenvalue weighted by molar-refractivity contribution is 5.32. The molecule has 3 rings (SSSR count). The average molecular weight is 332 g/mol. The van der Waals surface area contributed by atoms with Gasteiger partial charge in [-0.1, -0.05) is 79.7 Å². The SMILES string of the molecule is COc1cccc(C(C)COC(c2ccccc2)c2ccccc2)c1. The number of methoxy groups -OCH3 is 1. The summed E-state index contributed by atoms with van der Waals surface area (Å²) < 4.78 is 11.7. The smallest absolute Gasteiger partial charge is 0.119 e. The lowest BCUT2D eigenvalue weighted by atomic mass is 9.99. The second-order valence-electron chi connectivity index (χ2n) is 6.21. The molecule has 0 aliphatic rings. The zero-order valence-electron chi connectivity index (χ0n) is 14.8. The van der Waals surface area contributed by atoms with Gasteiger partial charge in [0.15, 0.2) is 0 Å². The van der Waals surface area contributed by atoms with Gasteiger partial charge in [0.1, 0.15) is 11.9 Å². The monoisotopic (exact) mass is 332 g/mol. The molecule has 25 heavy (non-hydrogen) atoms. The Balaban J connectivity index is 1.77. The average Bonchev–Trinajstić information content (AvgIpc) is 2.69. The predicted molar refractivity (Wildman–Crippen MR) is 102 cm³/mol. The Morgan fingerprint density at radius 2 is 1.28 bits per heavy atom. The minimum Gasteiger partial charge on any atom is -0.497 e. The fraction of sp³-hybridized carbons (Fsp3) is 0.217. The van der Waals surface area contributed by atoms with E-state index in [2.05, 4.69) is 67.6 Å². The highest BCUT2D eigenvalue weighted by Gasteiger charge is 2.16. The summed E-state index contributed by atoms with van der Waals surface area (Å²) in [6, 6.07) is 29.0. The van der Waals surface area contributed by atoms with Crippen molar-refractivity contribution in [1.29, 1.82) is 0 Å². The predicted octanol–water partition coefficient (Wildman–Crippen LogP) is 5.60. The van der Waals surface area contributed by atoms with Crippen molar-refractivity contribution in [3.05, 3.63) is 102 Å². The Hall–Kier alpha value is -2.58. The van der Waals surface area contributed by atoms with E-state index in [-0.39, 0.29) is 12.0 Å². The van der Waals surface area contributed by atoms with Crippen LogP contribution in [0.4, 0.5) is 0 Å². The van der Waals surface area contributed by atoms with Crippen molar-refractivity contribution in [1.82, 2.24) is 0 Å². The zero-order chi connectivity index (χ0) is 17.5. The van der Waals surface area contributed by atoms with Crippen molar-refractivity contribution in [3.63, 3.8) is 0 Å². The lowest BCUT2D eigenvalue weighted by Crippen LogP contribution is -2.11. The van der Waals surface area contributed by atoms with Crippen molar-refractivity contribution in [2.45, 2.75) is 18.9 Å². The molecule has 3 aromatic carbocycles. The van der Waals surface area contributed by atoms with Gasteiger partial charge in [0.05, 0.1) is 13.7 Å². The second-order valence-corrected chi connectivity index (χ2v) is 6.21. The quantitative estimate of drug-likeness (QED) is 0.560. The molecule has 0 amide bonds. The molecular weight excluding hydrogens is 308 g/mol. The molecule has 0 N–H and O–H groups in total. The lowest BCUT2D eigenvalue weighted by molar-refractivity contribution is 0.0713. The topological polar surface area (TPSA) is 18.5 Å². The number of rotatable bonds is 7. The van der Waals surface area contributed by atoms with E-state index in [0.29, 0.717) is 6.61 Å². The van der Waals surface area contributed by atoms with Crippen LogP contribution in [0.2, 0.25) is 0 Å². The molecule has 0 spiro atoms. The van der Waals surface area contributed by atoms with Gasteiger partial charge in [0.2, 0.25) is 0 Å². The Morgan fingerprint density at radius 1 is 0.720 bits per heavy atom. The van der Waals surface area contributed by atoms with Crippen LogP contribution in [-0.2, 0) is 4.74 Å². The van der Waals surface area contributed by atoms with Crippen LogP contribution in [0.5, 0.6) is 5.75 Å². The minimum absolute atomic E-state index is 0.0598. The largest absolute Gasteiger partial charge is 0.497 e. The molecule has 2 nitrogen and oxygen atoms in total. The molecule has 3 aromatic rings. The first kappa shape index (κ1) is 17.2. The molecule has 128 valence electrons. The zero-order valence-corrected chi connectivity index (χ0v) is 14.8. The summed E-state index contributed by atoms with van der Waals surface area (Å²) in [6.07, 6.45) is -0.0598. The van der Waals surface area contributed by atoms with E-state index in [1.807, 2.05) is 24.3 Å². The van der Waals surface area contributed by atoms with Crippen molar-refractivity contribution < 1.29 is 9.47 Å². The third-order valence-electron chi connectivity index (χ3n) is 4.38. The van der Waals surface area contributed by atoms with Gasteiger partial charge in [0.25, 0.3) is 0 Å². The van der Waals surface area contributed by atoms with Crippen LogP contribution in [0.1, 0.15) is 35.6 Å². The van der Waals surface area contributed by atoms with Crippen LogP contribution in [0.25, 0.3) is 0 Å². The van der Waals surface area contributed by atoms with Gasteiger partial charge >= 0.3 is 0 Å². The van der Waals surface area contributed by atoms with E-state index in [9.17, 15) is 0 Å². The van der Waals surface area contributed by atoms with Gasteiger partial charge < -0.3 is 9.47 Å². The molecule has 0 bridgehead atoms. The first-order valence-corrected chi connectivity index (χ1v) is 8.63. The Labute approximate surface area is 150 Å². The summed E-state index contributed by atoms with van der Waals surface area (Å²) in [5, 5.41) is 0. The lowest BCUT2D eigenvalue weighted by Gasteiger charge is -2.22. The molecule has 0 radical (unpaired) electrons. The fourth-order valence-electron chi connectivity index (χ4n) is 2.93. The van der Waals surface area contributed by atoms with E-state index in [1.54, 1.807) is 7.11 Å². The van der Waals surface area contributed by atoms with Crippen LogP contribution >= 0.6 is 0 Å². The number of ether oxygens (including phenoxy) is 2. The van der Waals surface area contributed by atoms with E-state index >= 15 is 0 Å². The first-order chi connectivity index (χ1) is 12.3. The summed E-state index contributed by atoms with van der Waals surface area (Å²) >= 11 is 0. The normalized spacial score (nSPS) is 12.1. The van der Waals surface area contributed by atoms with Crippen molar-refractivity contribution in [2.75, 3.05) is 13.7 Å². The molecule has 0 aromatic heterocycles. The molecular formula is C23H24O2. The molecule has 0 aliphatic heterocycles. The fourth-order valence-corrected chi connectivity index (χ4v) is 2.93. The standard InChI is InChI=1S/C23H24O2/c1-18(21-14-9-15-22(16-21)24-2)17-25-23(19-10-5-3-6-11-19)20-12-7-4-8-13-20/h3-16,18,23H,17H2,1-2H3. The van der Waals surface area contributed by atoms with Crippen LogP contribution in [-0.4, -0.2) is 13.7 Å². The Bertz CT molecular complexity index is 729. The second kappa shape index (κ2) is 8.50. The van der Waals surface area contributed by atoms with Gasteiger partial charge in [-0.15, -0.1) is 0 Å². The third-order valence-corrected chi connectivity index (χ3v) is 4.38. The van der Waals surface area contributed by atoms with Crippen LogP contribution in [0.3, 0.4) is 0 Å². The summed E-state index contributed by atoms with van der Waals surface area (Å²) in [7, 11) is 1.70. The molecule has 2 heteroatoms. The summed E-state index contributed by atoms with van der Waals surface area (Å²) in [6.45, 7) is 2.82. The Morgan fingerprint density at radius 3 is 1.84 bits per heavy atom. The van der Waals surface area contributed by atoms with Gasteiger partial charge in [0, 0.05) is 5.92 Å². The third kappa shape index (κ3) is 4.49. The molecule has 0 heterocycles. The number of benzene rings is 3. The highest BCUT2D eigenvalue weighted by Crippen LogP contribution is 2.28. The van der Waals surface area contributed by atoms with Gasteiger partial charge in [-0.2, -0.15) is 0 Å². The maximum absolute atomic E-state index is 6.36. The van der Waals surface area contributed by atoms with E-state index in [0.717, 1.165) is 5.75 Å². The molecule has 0 aliphatic carbocycles. The molecule has 0 fully saturated rings. The molecule has 1 unspecified atom stereocenters. The summed E-state index contributed by atoms with van der Waals surface area (Å²) in [5.41, 5.74) is 3.57. The summed E-state index contributed by atoms with van der Waals surface area (Å²) in [4.78, 5) is 0. The van der Waals surface area contributed by atoms with Crippen molar-refractivity contribution in [3.8, 4) is 5.75 Å². The maximum Gasteiger partial charge on any atom is 0.119 e. The van der Waals surface area contributed by atoms with Crippen LogP contribution < -0.4 is 4.74 Å². The van der Waals surface area contributed by atoms with Crippen molar-refractivity contribution in [2.24, 2.45) is 0 Å². The molecule has 0 saturated heterocycles. The van der Waals surface area contributed by atoms with Crippen LogP contribution in [0.15, 0.2) is 84.9 Å². The van der Waals surface area contributed by atoms with E-state index < -0.39 is 0 Å². The maximum atomic E-state index is 6.36. The Kier molecular flexibility index (Phi) is 5.86. The summed E-state index contributed by atoms with van der Waals surface area (Å²) in [5.74, 6) is 1.16. The van der Waals surface area contributed by atoms with E-state index in [4.69, 9.17) is 9.47 Å². The van der Waals surface area contributed by atoms with Gasteiger partial charge in [-0.05, 0) is 28.8 Å². The molecule has 0 saturated carbocycles.